The van der Waals surface area contributed by atoms with Gasteiger partial charge in [-0.25, -0.2) is 9.97 Å². The molecule has 2 aromatic heterocycles. The van der Waals surface area contributed by atoms with Gasteiger partial charge in [0.15, 0.2) is 0 Å². The van der Waals surface area contributed by atoms with Crippen LogP contribution in [0.3, 0.4) is 0 Å². The van der Waals surface area contributed by atoms with E-state index in [2.05, 4.69) is 9.97 Å². The molecular formula is C10H12N4O. The molecule has 5 nitrogen and oxygen atoms in total. The Kier molecular flexibility index (Phi) is 2.39. The van der Waals surface area contributed by atoms with E-state index in [4.69, 9.17) is 15.9 Å². The monoisotopic (exact) mass is 204 g/mol. The van der Waals surface area contributed by atoms with Crippen LogP contribution in [0.4, 0.5) is 5.82 Å². The van der Waals surface area contributed by atoms with Gasteiger partial charge in [0, 0.05) is 12.2 Å². The first-order valence-electron chi connectivity index (χ1n) is 4.59. The third kappa shape index (κ3) is 1.82. The molecule has 1 unspecified atom stereocenters. The van der Waals surface area contributed by atoms with Gasteiger partial charge < -0.3 is 15.9 Å². The highest BCUT2D eigenvalue weighted by molar-refractivity contribution is 5.67. The number of anilines is 1. The SMILES string of the molecule is CC(N)c1cnc(N)c(-c2ncco2)c1. The lowest BCUT2D eigenvalue weighted by Gasteiger charge is -2.07. The summed E-state index contributed by atoms with van der Waals surface area (Å²) in [4.78, 5) is 8.07. The fourth-order valence-electron chi connectivity index (χ4n) is 1.27. The molecule has 0 radical (unpaired) electrons. The minimum atomic E-state index is -0.0909. The lowest BCUT2D eigenvalue weighted by molar-refractivity contribution is 0.574. The van der Waals surface area contributed by atoms with Gasteiger partial charge in [-0.15, -0.1) is 0 Å². The third-order valence-corrected chi connectivity index (χ3v) is 2.13. The van der Waals surface area contributed by atoms with Crippen LogP contribution in [-0.2, 0) is 0 Å². The summed E-state index contributed by atoms with van der Waals surface area (Å²) in [5.74, 6) is 0.851. The molecule has 15 heavy (non-hydrogen) atoms. The first kappa shape index (κ1) is 9.67. The molecule has 0 fully saturated rings. The van der Waals surface area contributed by atoms with E-state index in [-0.39, 0.29) is 6.04 Å². The summed E-state index contributed by atoms with van der Waals surface area (Å²) in [6.07, 6.45) is 4.72. The number of aromatic nitrogens is 2. The predicted octanol–water partition coefficient (Wildman–Crippen LogP) is 1.34. The van der Waals surface area contributed by atoms with E-state index < -0.39 is 0 Å². The molecule has 0 aliphatic heterocycles. The van der Waals surface area contributed by atoms with Gasteiger partial charge in [-0.2, -0.15) is 0 Å². The summed E-state index contributed by atoms with van der Waals surface area (Å²) in [5, 5.41) is 0. The number of hydrogen-bond donors (Lipinski definition) is 2. The van der Waals surface area contributed by atoms with Crippen LogP contribution in [0.1, 0.15) is 18.5 Å². The number of pyridine rings is 1. The molecule has 0 spiro atoms. The van der Waals surface area contributed by atoms with Crippen molar-refractivity contribution < 1.29 is 4.42 Å². The van der Waals surface area contributed by atoms with Gasteiger partial charge >= 0.3 is 0 Å². The molecule has 0 bridgehead atoms. The number of rotatable bonds is 2. The maximum Gasteiger partial charge on any atom is 0.229 e. The van der Waals surface area contributed by atoms with Crippen LogP contribution in [0, 0.1) is 0 Å². The normalized spacial score (nSPS) is 12.7. The summed E-state index contributed by atoms with van der Waals surface area (Å²) >= 11 is 0. The van der Waals surface area contributed by atoms with Crippen LogP contribution in [0.25, 0.3) is 11.5 Å². The second-order valence-electron chi connectivity index (χ2n) is 3.33. The number of nitrogens with zero attached hydrogens (tertiary/aromatic N) is 2. The zero-order valence-corrected chi connectivity index (χ0v) is 8.34. The average molecular weight is 204 g/mol. The number of hydrogen-bond acceptors (Lipinski definition) is 5. The highest BCUT2D eigenvalue weighted by Gasteiger charge is 2.10. The molecule has 78 valence electrons. The highest BCUT2D eigenvalue weighted by atomic mass is 16.3. The molecule has 0 saturated heterocycles. The number of nitrogens with two attached hydrogens (primary N) is 2. The van der Waals surface area contributed by atoms with E-state index >= 15 is 0 Å². The zero-order valence-electron chi connectivity index (χ0n) is 8.34. The molecule has 0 aliphatic carbocycles. The van der Waals surface area contributed by atoms with Crippen LogP contribution in [-0.4, -0.2) is 9.97 Å². The summed E-state index contributed by atoms with van der Waals surface area (Å²) in [6, 6.07) is 1.76. The molecular weight excluding hydrogens is 192 g/mol. The van der Waals surface area contributed by atoms with Gasteiger partial charge in [0.25, 0.3) is 0 Å². The molecule has 1 atom stereocenters. The second kappa shape index (κ2) is 3.70. The Morgan fingerprint density at radius 3 is 2.80 bits per heavy atom. The van der Waals surface area contributed by atoms with Crippen LogP contribution >= 0.6 is 0 Å². The van der Waals surface area contributed by atoms with Gasteiger partial charge in [-0.05, 0) is 18.6 Å². The van der Waals surface area contributed by atoms with Crippen LogP contribution in [0.2, 0.25) is 0 Å². The lowest BCUT2D eigenvalue weighted by Crippen LogP contribution is -2.06. The van der Waals surface area contributed by atoms with Gasteiger partial charge in [0.2, 0.25) is 5.89 Å². The first-order valence-corrected chi connectivity index (χ1v) is 4.59. The van der Waals surface area contributed by atoms with Crippen molar-refractivity contribution in [2.24, 2.45) is 5.73 Å². The van der Waals surface area contributed by atoms with Crippen molar-refractivity contribution in [3.8, 4) is 11.5 Å². The van der Waals surface area contributed by atoms with Crippen LogP contribution in [0.15, 0.2) is 29.1 Å². The van der Waals surface area contributed by atoms with E-state index in [1.54, 1.807) is 12.4 Å². The van der Waals surface area contributed by atoms with Crippen molar-refractivity contribution >= 4 is 5.82 Å². The molecule has 0 aliphatic rings. The number of nitrogen functional groups attached to an aromatic ring is 1. The molecule has 2 heterocycles. The smallest absolute Gasteiger partial charge is 0.229 e. The fraction of sp³-hybridized carbons (Fsp3) is 0.200. The minimum Gasteiger partial charge on any atom is -0.444 e. The third-order valence-electron chi connectivity index (χ3n) is 2.13. The average Bonchev–Trinajstić information content (AvgIpc) is 2.71. The topological polar surface area (TPSA) is 91.0 Å². The van der Waals surface area contributed by atoms with E-state index in [1.165, 1.54) is 6.26 Å². The van der Waals surface area contributed by atoms with E-state index in [1.807, 2.05) is 13.0 Å². The Balaban J connectivity index is 2.51. The van der Waals surface area contributed by atoms with Crippen molar-refractivity contribution in [1.29, 1.82) is 0 Å². The van der Waals surface area contributed by atoms with Gasteiger partial charge in [-0.3, -0.25) is 0 Å². The lowest BCUT2D eigenvalue weighted by atomic mass is 10.1. The molecule has 0 amide bonds. The quantitative estimate of drug-likeness (QED) is 0.770. The number of oxazole rings is 1. The van der Waals surface area contributed by atoms with Crippen LogP contribution in [0.5, 0.6) is 0 Å². The summed E-state index contributed by atoms with van der Waals surface area (Å²) in [5.41, 5.74) is 13.1. The molecule has 2 rings (SSSR count). The summed E-state index contributed by atoms with van der Waals surface area (Å²) in [6.45, 7) is 1.88. The van der Waals surface area contributed by atoms with Crippen molar-refractivity contribution in [2.75, 3.05) is 5.73 Å². The van der Waals surface area contributed by atoms with Crippen LogP contribution < -0.4 is 11.5 Å². The zero-order chi connectivity index (χ0) is 10.8. The Morgan fingerprint density at radius 1 is 1.40 bits per heavy atom. The van der Waals surface area contributed by atoms with Crippen molar-refractivity contribution in [3.63, 3.8) is 0 Å². The second-order valence-corrected chi connectivity index (χ2v) is 3.33. The maximum absolute atomic E-state index is 5.75. The summed E-state index contributed by atoms with van der Waals surface area (Å²) < 4.78 is 5.16. The summed E-state index contributed by atoms with van der Waals surface area (Å²) in [7, 11) is 0. The minimum absolute atomic E-state index is 0.0909. The first-order chi connectivity index (χ1) is 7.18. The molecule has 4 N–H and O–H groups in total. The standard InChI is InChI=1S/C10H12N4O/c1-6(11)7-4-8(9(12)14-5-7)10-13-2-3-15-10/h2-6H,11H2,1H3,(H2,12,14). The Labute approximate surface area is 87.1 Å². The van der Waals surface area contributed by atoms with E-state index in [0.29, 0.717) is 17.3 Å². The van der Waals surface area contributed by atoms with Gasteiger partial charge in [0.1, 0.15) is 12.1 Å². The van der Waals surface area contributed by atoms with Gasteiger partial charge in [0.05, 0.1) is 11.8 Å². The van der Waals surface area contributed by atoms with Crippen molar-refractivity contribution in [2.45, 2.75) is 13.0 Å². The van der Waals surface area contributed by atoms with Crippen molar-refractivity contribution in [1.82, 2.24) is 9.97 Å². The van der Waals surface area contributed by atoms with Crippen molar-refractivity contribution in [3.05, 3.63) is 30.3 Å². The molecule has 5 heteroatoms. The Morgan fingerprint density at radius 2 is 2.20 bits per heavy atom. The van der Waals surface area contributed by atoms with Gasteiger partial charge in [-0.1, -0.05) is 0 Å². The highest BCUT2D eigenvalue weighted by Crippen LogP contribution is 2.24. The van der Waals surface area contributed by atoms with E-state index in [9.17, 15) is 0 Å². The molecule has 0 aromatic carbocycles. The Hall–Kier alpha value is -1.88. The van der Waals surface area contributed by atoms with E-state index in [0.717, 1.165) is 5.56 Å². The fourth-order valence-corrected chi connectivity index (χ4v) is 1.27. The molecule has 2 aromatic rings. The predicted molar refractivity (Wildman–Crippen MR) is 56.7 cm³/mol. The largest absolute Gasteiger partial charge is 0.444 e. The Bertz CT molecular complexity index is 450. The maximum atomic E-state index is 5.75. The molecule has 0 saturated carbocycles.